The number of amides is 3. The molecule has 0 fully saturated rings. The van der Waals surface area contributed by atoms with Crippen LogP contribution in [0.3, 0.4) is 0 Å². The lowest BCUT2D eigenvalue weighted by molar-refractivity contribution is 0.0989. The number of urea groups is 1. The van der Waals surface area contributed by atoms with E-state index in [9.17, 15) is 9.59 Å². The monoisotopic (exact) mass is 353 g/mol. The summed E-state index contributed by atoms with van der Waals surface area (Å²) in [6, 6.07) is 14.5. The van der Waals surface area contributed by atoms with Crippen molar-refractivity contribution in [3.05, 3.63) is 59.7 Å². The predicted molar refractivity (Wildman–Crippen MR) is 102 cm³/mol. The van der Waals surface area contributed by atoms with Crippen LogP contribution in [0.5, 0.6) is 0 Å². The largest absolute Gasteiger partial charge is 0.383 e. The second-order valence-electron chi connectivity index (χ2n) is 6.37. The Morgan fingerprint density at radius 3 is 2.81 bits per heavy atom. The van der Waals surface area contributed by atoms with E-state index in [4.69, 9.17) is 4.74 Å². The molecule has 2 aromatic carbocycles. The van der Waals surface area contributed by atoms with E-state index in [1.54, 1.807) is 36.3 Å². The Bertz CT molecular complexity index is 806. The quantitative estimate of drug-likeness (QED) is 0.868. The zero-order chi connectivity index (χ0) is 18.5. The molecular weight excluding hydrogens is 330 g/mol. The van der Waals surface area contributed by atoms with Crippen molar-refractivity contribution in [3.63, 3.8) is 0 Å². The molecule has 1 atom stereocenters. The third kappa shape index (κ3) is 4.03. The number of nitrogens with one attached hydrogen (secondary N) is 2. The summed E-state index contributed by atoms with van der Waals surface area (Å²) in [5.74, 6) is -0.0632. The van der Waals surface area contributed by atoms with Gasteiger partial charge in [-0.25, -0.2) is 4.79 Å². The molecule has 26 heavy (non-hydrogen) atoms. The SMILES string of the molecule is COCC(C)NC(=O)Nc1cccc(C(=O)N2CCc3ccccc32)c1. The lowest BCUT2D eigenvalue weighted by Crippen LogP contribution is -2.38. The van der Waals surface area contributed by atoms with Crippen LogP contribution < -0.4 is 15.5 Å². The van der Waals surface area contributed by atoms with E-state index in [1.807, 2.05) is 31.2 Å². The molecule has 136 valence electrons. The van der Waals surface area contributed by atoms with Gasteiger partial charge >= 0.3 is 6.03 Å². The fraction of sp³-hybridized carbons (Fsp3) is 0.300. The van der Waals surface area contributed by atoms with Gasteiger partial charge in [0.15, 0.2) is 0 Å². The summed E-state index contributed by atoms with van der Waals surface area (Å²) in [7, 11) is 1.58. The van der Waals surface area contributed by atoms with E-state index >= 15 is 0 Å². The molecule has 1 aliphatic rings. The fourth-order valence-corrected chi connectivity index (χ4v) is 3.12. The maximum Gasteiger partial charge on any atom is 0.319 e. The van der Waals surface area contributed by atoms with Gasteiger partial charge in [-0.15, -0.1) is 0 Å². The van der Waals surface area contributed by atoms with Crippen molar-refractivity contribution in [1.82, 2.24) is 5.32 Å². The molecule has 1 heterocycles. The number of benzene rings is 2. The van der Waals surface area contributed by atoms with E-state index < -0.39 is 0 Å². The van der Waals surface area contributed by atoms with Gasteiger partial charge < -0.3 is 20.3 Å². The predicted octanol–water partition coefficient (Wildman–Crippen LogP) is 3.05. The summed E-state index contributed by atoms with van der Waals surface area (Å²) in [5, 5.41) is 5.54. The van der Waals surface area contributed by atoms with Crippen molar-refractivity contribution in [3.8, 4) is 0 Å². The Balaban J connectivity index is 1.70. The lowest BCUT2D eigenvalue weighted by Gasteiger charge is -2.18. The molecule has 2 N–H and O–H groups in total. The molecule has 0 spiro atoms. The molecule has 2 aromatic rings. The van der Waals surface area contributed by atoms with E-state index in [1.165, 1.54) is 5.56 Å². The summed E-state index contributed by atoms with van der Waals surface area (Å²) in [6.45, 7) is 2.96. The maximum atomic E-state index is 12.9. The minimum absolute atomic E-state index is 0.0632. The average Bonchev–Trinajstić information content (AvgIpc) is 3.05. The van der Waals surface area contributed by atoms with E-state index in [2.05, 4.69) is 10.6 Å². The number of para-hydroxylation sites is 1. The van der Waals surface area contributed by atoms with Gasteiger partial charge in [-0.2, -0.15) is 0 Å². The first-order chi connectivity index (χ1) is 12.6. The molecule has 0 radical (unpaired) electrons. The molecule has 0 saturated carbocycles. The first kappa shape index (κ1) is 17.9. The van der Waals surface area contributed by atoms with Crippen LogP contribution in [0, 0.1) is 0 Å². The van der Waals surface area contributed by atoms with Crippen LogP contribution in [-0.4, -0.2) is 38.2 Å². The molecule has 0 aromatic heterocycles. The van der Waals surface area contributed by atoms with Gasteiger partial charge in [-0.3, -0.25) is 4.79 Å². The van der Waals surface area contributed by atoms with Gasteiger partial charge in [-0.1, -0.05) is 24.3 Å². The smallest absolute Gasteiger partial charge is 0.319 e. The number of nitrogens with zero attached hydrogens (tertiary/aromatic N) is 1. The molecule has 3 rings (SSSR count). The standard InChI is InChI=1S/C20H23N3O3/c1-14(13-26-2)21-20(25)22-17-8-5-7-16(12-17)19(24)23-11-10-15-6-3-4-9-18(15)23/h3-9,12,14H,10-11,13H2,1-2H3,(H2,21,22,25). The van der Waals surface area contributed by atoms with Gasteiger partial charge in [0.2, 0.25) is 0 Å². The third-order valence-corrected chi connectivity index (χ3v) is 4.29. The number of carbonyl (C=O) groups excluding carboxylic acids is 2. The van der Waals surface area contributed by atoms with Crippen molar-refractivity contribution in [2.75, 3.05) is 30.5 Å². The summed E-state index contributed by atoms with van der Waals surface area (Å²) in [4.78, 5) is 26.7. The molecule has 3 amide bonds. The summed E-state index contributed by atoms with van der Waals surface area (Å²) >= 11 is 0. The molecule has 6 heteroatoms. The Kier molecular flexibility index (Phi) is 5.53. The van der Waals surface area contributed by atoms with Crippen molar-refractivity contribution in [2.45, 2.75) is 19.4 Å². The van der Waals surface area contributed by atoms with Gasteiger partial charge in [-0.05, 0) is 43.2 Å². The van der Waals surface area contributed by atoms with Crippen molar-refractivity contribution < 1.29 is 14.3 Å². The third-order valence-electron chi connectivity index (χ3n) is 4.29. The molecule has 1 aliphatic heterocycles. The van der Waals surface area contributed by atoms with Crippen molar-refractivity contribution in [2.24, 2.45) is 0 Å². The summed E-state index contributed by atoms with van der Waals surface area (Å²) < 4.78 is 5.00. The van der Waals surface area contributed by atoms with E-state index in [0.29, 0.717) is 24.4 Å². The van der Waals surface area contributed by atoms with Gasteiger partial charge in [0.05, 0.1) is 12.6 Å². The average molecular weight is 353 g/mol. The molecule has 1 unspecified atom stereocenters. The lowest BCUT2D eigenvalue weighted by atomic mass is 10.1. The Labute approximate surface area is 153 Å². The number of carbonyl (C=O) groups is 2. The molecule has 6 nitrogen and oxygen atoms in total. The van der Waals surface area contributed by atoms with Crippen LogP contribution >= 0.6 is 0 Å². The molecule has 0 aliphatic carbocycles. The number of anilines is 2. The van der Waals surface area contributed by atoms with Gasteiger partial charge in [0.25, 0.3) is 5.91 Å². The van der Waals surface area contributed by atoms with Gasteiger partial charge in [0, 0.05) is 30.6 Å². The zero-order valence-corrected chi connectivity index (χ0v) is 15.0. The molecule has 0 bridgehead atoms. The Morgan fingerprint density at radius 2 is 2.00 bits per heavy atom. The summed E-state index contributed by atoms with van der Waals surface area (Å²) in [6.07, 6.45) is 0.861. The highest BCUT2D eigenvalue weighted by molar-refractivity contribution is 6.08. The van der Waals surface area contributed by atoms with Crippen LogP contribution in [0.2, 0.25) is 0 Å². The number of fused-ring (bicyclic) bond motifs is 1. The van der Waals surface area contributed by atoms with Crippen LogP contribution in [0.4, 0.5) is 16.2 Å². The number of hydrogen-bond acceptors (Lipinski definition) is 3. The van der Waals surface area contributed by atoms with E-state index in [-0.39, 0.29) is 18.0 Å². The van der Waals surface area contributed by atoms with Crippen molar-refractivity contribution in [1.29, 1.82) is 0 Å². The van der Waals surface area contributed by atoms with Crippen molar-refractivity contribution >= 4 is 23.3 Å². The van der Waals surface area contributed by atoms with Gasteiger partial charge in [0.1, 0.15) is 0 Å². The second kappa shape index (κ2) is 8.01. The zero-order valence-electron chi connectivity index (χ0n) is 15.0. The number of hydrogen-bond donors (Lipinski definition) is 2. The van der Waals surface area contributed by atoms with Crippen LogP contribution in [0.25, 0.3) is 0 Å². The minimum atomic E-state index is -0.328. The number of methoxy groups -OCH3 is 1. The first-order valence-electron chi connectivity index (χ1n) is 8.65. The summed E-state index contributed by atoms with van der Waals surface area (Å²) in [5.41, 5.74) is 3.26. The highest BCUT2D eigenvalue weighted by Gasteiger charge is 2.25. The molecular formula is C20H23N3O3. The van der Waals surface area contributed by atoms with Crippen LogP contribution in [-0.2, 0) is 11.2 Å². The fourth-order valence-electron chi connectivity index (χ4n) is 3.12. The van der Waals surface area contributed by atoms with Crippen LogP contribution in [0.1, 0.15) is 22.8 Å². The Hall–Kier alpha value is -2.86. The minimum Gasteiger partial charge on any atom is -0.383 e. The highest BCUT2D eigenvalue weighted by atomic mass is 16.5. The maximum absolute atomic E-state index is 12.9. The molecule has 0 saturated heterocycles. The second-order valence-corrected chi connectivity index (χ2v) is 6.37. The topological polar surface area (TPSA) is 70.7 Å². The number of rotatable bonds is 5. The Morgan fingerprint density at radius 1 is 1.19 bits per heavy atom. The first-order valence-corrected chi connectivity index (χ1v) is 8.65. The highest BCUT2D eigenvalue weighted by Crippen LogP contribution is 2.29. The number of ether oxygens (including phenoxy) is 1. The normalized spacial score (nSPS) is 13.8. The van der Waals surface area contributed by atoms with E-state index in [0.717, 1.165) is 12.1 Å². The van der Waals surface area contributed by atoms with Crippen LogP contribution in [0.15, 0.2) is 48.5 Å².